The number of rotatable bonds is 7. The van der Waals surface area contributed by atoms with Crippen molar-refractivity contribution in [3.8, 4) is 22.6 Å². The van der Waals surface area contributed by atoms with Gasteiger partial charge in [0.25, 0.3) is 0 Å². The Hall–Kier alpha value is -4.38. The number of para-hydroxylation sites is 2. The van der Waals surface area contributed by atoms with Gasteiger partial charge < -0.3 is 14.6 Å². The highest BCUT2D eigenvalue weighted by Gasteiger charge is 2.60. The molecule has 5 nitrogen and oxygen atoms in total. The molecule has 1 aliphatic carbocycles. The average Bonchev–Trinajstić information content (AvgIpc) is 2.90. The predicted molar refractivity (Wildman–Crippen MR) is 142 cm³/mol. The Balaban J connectivity index is 1.59. The first-order valence-electron chi connectivity index (χ1n) is 12.3. The zero-order valence-electron chi connectivity index (χ0n) is 20.7. The number of aliphatic carboxylic acids is 1. The molecule has 1 N–H and O–H groups in total. The molecule has 0 aromatic heterocycles. The molecule has 0 heterocycles. The molecule has 4 aromatic carbocycles. The lowest BCUT2D eigenvalue weighted by Gasteiger charge is -2.49. The van der Waals surface area contributed by atoms with E-state index in [9.17, 15) is 14.7 Å². The maximum Gasteiger partial charge on any atom is 0.315 e. The molecule has 4 atom stereocenters. The van der Waals surface area contributed by atoms with Crippen molar-refractivity contribution in [2.75, 3.05) is 7.11 Å². The van der Waals surface area contributed by atoms with Crippen molar-refractivity contribution in [2.24, 2.45) is 11.8 Å². The molecule has 1 aliphatic rings. The molecule has 1 fully saturated rings. The molecule has 0 spiro atoms. The summed E-state index contributed by atoms with van der Waals surface area (Å²) in [4.78, 5) is 26.6. The zero-order valence-corrected chi connectivity index (χ0v) is 20.7. The molecular weight excluding hydrogens is 464 g/mol. The lowest BCUT2D eigenvalue weighted by molar-refractivity contribution is -0.158. The quantitative estimate of drug-likeness (QED) is 0.236. The first-order valence-corrected chi connectivity index (χ1v) is 12.3. The topological polar surface area (TPSA) is 72.8 Å². The van der Waals surface area contributed by atoms with Crippen LogP contribution in [0.3, 0.4) is 0 Å². The van der Waals surface area contributed by atoms with E-state index in [0.29, 0.717) is 17.1 Å². The number of ether oxygens (including phenoxy) is 2. The molecule has 186 valence electrons. The number of carboxylic acids is 1. The third-order valence-electron chi connectivity index (χ3n) is 7.33. The standard InChI is InChI=1S/C32H28O5/c1-20-12-6-7-15-22(20)27-29(31(33)34)28(24-17-9-10-18-25(24)36-2)30(27)32(35)37-26-19-11-8-16-23(26)21-13-4-3-5-14-21/h3-19,27-30H,1-2H3,(H,33,34)/t27-,28-,29+,30+/m0/s1. The minimum Gasteiger partial charge on any atom is -0.496 e. The Labute approximate surface area is 216 Å². The first-order chi connectivity index (χ1) is 18.0. The van der Waals surface area contributed by atoms with Gasteiger partial charge in [0.2, 0.25) is 0 Å². The van der Waals surface area contributed by atoms with E-state index in [1.807, 2.05) is 97.9 Å². The summed E-state index contributed by atoms with van der Waals surface area (Å²) in [6, 6.07) is 32.1. The maximum absolute atomic E-state index is 14.0. The normalized spacial score (nSPS) is 20.5. The van der Waals surface area contributed by atoms with Crippen molar-refractivity contribution in [3.05, 3.63) is 120 Å². The SMILES string of the molecule is COc1ccccc1[C@H]1[C@H](C(=O)O)[C@H](c2ccccc2C)[C@H]1C(=O)Oc1ccccc1-c1ccccc1. The second-order valence-corrected chi connectivity index (χ2v) is 9.32. The van der Waals surface area contributed by atoms with Gasteiger partial charge in [-0.2, -0.15) is 0 Å². The van der Waals surface area contributed by atoms with Gasteiger partial charge in [0.1, 0.15) is 11.5 Å². The number of esters is 1. The number of carboxylic acid groups (broad SMARTS) is 1. The molecule has 37 heavy (non-hydrogen) atoms. The molecule has 1 saturated carbocycles. The average molecular weight is 493 g/mol. The minimum atomic E-state index is -0.946. The van der Waals surface area contributed by atoms with Crippen molar-refractivity contribution < 1.29 is 24.2 Å². The molecule has 5 rings (SSSR count). The van der Waals surface area contributed by atoms with Gasteiger partial charge in [0.15, 0.2) is 0 Å². The number of benzene rings is 4. The van der Waals surface area contributed by atoms with E-state index in [2.05, 4.69) is 0 Å². The van der Waals surface area contributed by atoms with Crippen LogP contribution < -0.4 is 9.47 Å². The molecule has 5 heteroatoms. The third kappa shape index (κ3) is 4.49. The Morgan fingerprint density at radius 1 is 0.676 bits per heavy atom. The summed E-state index contributed by atoms with van der Waals surface area (Å²) in [6.07, 6.45) is 0. The van der Waals surface area contributed by atoms with E-state index in [1.54, 1.807) is 19.2 Å². The molecule has 0 amide bonds. The Kier molecular flexibility index (Phi) is 6.78. The Bertz CT molecular complexity index is 1430. The fourth-order valence-electron chi connectivity index (χ4n) is 5.61. The van der Waals surface area contributed by atoms with Crippen molar-refractivity contribution >= 4 is 11.9 Å². The third-order valence-corrected chi connectivity index (χ3v) is 7.33. The summed E-state index contributed by atoms with van der Waals surface area (Å²) in [5.41, 5.74) is 4.21. The number of carbonyl (C=O) groups is 2. The van der Waals surface area contributed by atoms with E-state index in [4.69, 9.17) is 9.47 Å². The van der Waals surface area contributed by atoms with Crippen LogP contribution >= 0.6 is 0 Å². The van der Waals surface area contributed by atoms with Crippen molar-refractivity contribution in [2.45, 2.75) is 18.8 Å². The van der Waals surface area contributed by atoms with Crippen molar-refractivity contribution in [1.82, 2.24) is 0 Å². The number of carbonyl (C=O) groups excluding carboxylic acids is 1. The zero-order chi connectivity index (χ0) is 25.9. The van der Waals surface area contributed by atoms with Crippen LogP contribution in [0.15, 0.2) is 103 Å². The van der Waals surface area contributed by atoms with Gasteiger partial charge in [0.05, 0.1) is 18.9 Å². The van der Waals surface area contributed by atoms with Gasteiger partial charge in [0, 0.05) is 17.4 Å². The summed E-state index contributed by atoms with van der Waals surface area (Å²) in [6.45, 7) is 1.94. The Morgan fingerprint density at radius 2 is 1.24 bits per heavy atom. The van der Waals surface area contributed by atoms with Crippen LogP contribution in [0.5, 0.6) is 11.5 Å². The smallest absolute Gasteiger partial charge is 0.315 e. The van der Waals surface area contributed by atoms with Crippen LogP contribution in [0.1, 0.15) is 28.5 Å². The van der Waals surface area contributed by atoms with Crippen LogP contribution in [0.2, 0.25) is 0 Å². The molecule has 0 saturated heterocycles. The van der Waals surface area contributed by atoms with E-state index < -0.39 is 35.6 Å². The van der Waals surface area contributed by atoms with E-state index in [-0.39, 0.29) is 0 Å². The summed E-state index contributed by atoms with van der Waals surface area (Å²) >= 11 is 0. The highest BCUT2D eigenvalue weighted by molar-refractivity contribution is 5.87. The largest absolute Gasteiger partial charge is 0.496 e. The van der Waals surface area contributed by atoms with Gasteiger partial charge in [-0.25, -0.2) is 0 Å². The molecule has 0 bridgehead atoms. The second kappa shape index (κ2) is 10.3. The number of methoxy groups -OCH3 is 1. The van der Waals surface area contributed by atoms with E-state index >= 15 is 0 Å². The van der Waals surface area contributed by atoms with Crippen LogP contribution in [-0.2, 0) is 9.59 Å². The van der Waals surface area contributed by atoms with Gasteiger partial charge in [-0.1, -0.05) is 91.0 Å². The second-order valence-electron chi connectivity index (χ2n) is 9.32. The van der Waals surface area contributed by atoms with Gasteiger partial charge in [-0.05, 0) is 41.3 Å². The van der Waals surface area contributed by atoms with Crippen LogP contribution in [0.25, 0.3) is 11.1 Å². The molecule has 4 aromatic rings. The lowest BCUT2D eigenvalue weighted by Crippen LogP contribution is -2.52. The molecule has 0 unspecified atom stereocenters. The number of hydrogen-bond acceptors (Lipinski definition) is 4. The van der Waals surface area contributed by atoms with Gasteiger partial charge in [-0.15, -0.1) is 0 Å². The van der Waals surface area contributed by atoms with Crippen LogP contribution in [0, 0.1) is 18.8 Å². The molecule has 0 aliphatic heterocycles. The fraction of sp³-hybridized carbons (Fsp3) is 0.188. The van der Waals surface area contributed by atoms with Gasteiger partial charge >= 0.3 is 11.9 Å². The van der Waals surface area contributed by atoms with Crippen LogP contribution in [-0.4, -0.2) is 24.2 Å². The maximum atomic E-state index is 14.0. The van der Waals surface area contributed by atoms with E-state index in [0.717, 1.165) is 22.3 Å². The Morgan fingerprint density at radius 3 is 1.92 bits per heavy atom. The monoisotopic (exact) mass is 492 g/mol. The van der Waals surface area contributed by atoms with Crippen molar-refractivity contribution in [3.63, 3.8) is 0 Å². The number of hydrogen-bond donors (Lipinski definition) is 1. The highest BCUT2D eigenvalue weighted by Crippen LogP contribution is 2.60. The number of aryl methyl sites for hydroxylation is 1. The first kappa shape index (κ1) is 24.3. The van der Waals surface area contributed by atoms with E-state index in [1.165, 1.54) is 0 Å². The summed E-state index contributed by atoms with van der Waals surface area (Å²) < 4.78 is 11.6. The van der Waals surface area contributed by atoms with Crippen LogP contribution in [0.4, 0.5) is 0 Å². The molecular formula is C32H28O5. The minimum absolute atomic E-state index is 0.444. The summed E-state index contributed by atoms with van der Waals surface area (Å²) in [7, 11) is 1.55. The summed E-state index contributed by atoms with van der Waals surface area (Å²) in [5, 5.41) is 10.3. The molecule has 0 radical (unpaired) electrons. The van der Waals surface area contributed by atoms with Gasteiger partial charge in [-0.3, -0.25) is 9.59 Å². The predicted octanol–water partition coefficient (Wildman–Crippen LogP) is 6.47. The fourth-order valence-corrected chi connectivity index (χ4v) is 5.61. The lowest BCUT2D eigenvalue weighted by atomic mass is 9.52. The summed E-state index contributed by atoms with van der Waals surface area (Å²) in [5.74, 6) is -3.05. The van der Waals surface area contributed by atoms with Crippen molar-refractivity contribution in [1.29, 1.82) is 0 Å². The highest BCUT2D eigenvalue weighted by atomic mass is 16.5.